The van der Waals surface area contributed by atoms with E-state index in [9.17, 15) is 9.59 Å². The van der Waals surface area contributed by atoms with Crippen molar-refractivity contribution in [1.29, 1.82) is 0 Å². The van der Waals surface area contributed by atoms with Crippen molar-refractivity contribution >= 4 is 11.9 Å². The molecule has 1 atom stereocenters. The Morgan fingerprint density at radius 1 is 1.30 bits per heavy atom. The van der Waals surface area contributed by atoms with Gasteiger partial charge in [0, 0.05) is 5.56 Å². The van der Waals surface area contributed by atoms with Gasteiger partial charge in [-0.15, -0.1) is 0 Å². The molecule has 6 heteroatoms. The Balaban J connectivity index is 2.24. The largest absolute Gasteiger partial charge is 0.448 e. The second-order valence-electron chi connectivity index (χ2n) is 4.24. The van der Waals surface area contributed by atoms with Gasteiger partial charge in [-0.05, 0) is 26.0 Å². The first-order valence-electron chi connectivity index (χ1n) is 6.02. The minimum atomic E-state index is -1.02. The Hall–Kier alpha value is -2.63. The van der Waals surface area contributed by atoms with Crippen LogP contribution in [0.1, 0.15) is 23.2 Å². The number of oxazole rings is 1. The summed E-state index contributed by atoms with van der Waals surface area (Å²) in [5.74, 6) is -0.810. The van der Waals surface area contributed by atoms with Crippen LogP contribution < -0.4 is 5.73 Å². The highest BCUT2D eigenvalue weighted by atomic mass is 16.5. The van der Waals surface area contributed by atoms with Crippen LogP contribution in [-0.2, 0) is 9.53 Å². The van der Waals surface area contributed by atoms with Gasteiger partial charge in [-0.3, -0.25) is 4.79 Å². The van der Waals surface area contributed by atoms with E-state index in [4.69, 9.17) is 14.9 Å². The molecule has 0 aliphatic heterocycles. The molecule has 6 nitrogen and oxygen atoms in total. The summed E-state index contributed by atoms with van der Waals surface area (Å²) in [6.45, 7) is 3.00. The van der Waals surface area contributed by atoms with Crippen LogP contribution >= 0.6 is 0 Å². The summed E-state index contributed by atoms with van der Waals surface area (Å²) in [5, 5.41) is 0. The number of rotatable bonds is 4. The minimum absolute atomic E-state index is 0.0388. The first kappa shape index (κ1) is 13.8. The summed E-state index contributed by atoms with van der Waals surface area (Å²) in [5.41, 5.74) is 5.82. The quantitative estimate of drug-likeness (QED) is 0.856. The zero-order valence-corrected chi connectivity index (χ0v) is 11.1. The number of nitrogens with two attached hydrogens (primary N) is 1. The van der Waals surface area contributed by atoms with Gasteiger partial charge in [0.15, 0.2) is 11.8 Å². The maximum Gasteiger partial charge on any atom is 0.361 e. The van der Waals surface area contributed by atoms with Crippen molar-refractivity contribution < 1.29 is 18.7 Å². The molecule has 0 fully saturated rings. The number of carbonyl (C=O) groups is 2. The van der Waals surface area contributed by atoms with Crippen molar-refractivity contribution in [2.24, 2.45) is 5.73 Å². The molecule has 1 heterocycles. The molecule has 0 saturated heterocycles. The van der Waals surface area contributed by atoms with Gasteiger partial charge in [-0.2, -0.15) is 0 Å². The molecule has 0 bridgehead atoms. The summed E-state index contributed by atoms with van der Waals surface area (Å²) in [7, 11) is 0. The van der Waals surface area contributed by atoms with Gasteiger partial charge in [0.1, 0.15) is 5.76 Å². The molecule has 0 unspecified atom stereocenters. The summed E-state index contributed by atoms with van der Waals surface area (Å²) in [6.07, 6.45) is -1.02. The van der Waals surface area contributed by atoms with E-state index in [1.165, 1.54) is 6.92 Å². The summed E-state index contributed by atoms with van der Waals surface area (Å²) < 4.78 is 10.3. The molecule has 20 heavy (non-hydrogen) atoms. The molecule has 2 aromatic rings. The lowest BCUT2D eigenvalue weighted by atomic mass is 10.2. The molecule has 1 amide bonds. The number of benzene rings is 1. The molecule has 0 aliphatic rings. The Morgan fingerprint density at radius 2 is 1.95 bits per heavy atom. The average Bonchev–Trinajstić information content (AvgIpc) is 2.81. The van der Waals surface area contributed by atoms with Crippen LogP contribution in [0.2, 0.25) is 0 Å². The summed E-state index contributed by atoms with van der Waals surface area (Å²) in [4.78, 5) is 26.9. The first-order valence-corrected chi connectivity index (χ1v) is 6.02. The molecule has 104 valence electrons. The van der Waals surface area contributed by atoms with Crippen LogP contribution in [0.4, 0.5) is 0 Å². The predicted octanol–water partition coefficient (Wildman–Crippen LogP) is 1.68. The molecular weight excluding hydrogens is 260 g/mol. The van der Waals surface area contributed by atoms with Gasteiger partial charge in [0.25, 0.3) is 5.91 Å². The molecule has 1 aromatic heterocycles. The van der Waals surface area contributed by atoms with Gasteiger partial charge in [0.05, 0.1) is 0 Å². The van der Waals surface area contributed by atoms with E-state index in [0.717, 1.165) is 5.56 Å². The molecule has 0 spiro atoms. The molecule has 2 rings (SSSR count). The number of primary amides is 1. The maximum atomic E-state index is 11.9. The number of esters is 1. The van der Waals surface area contributed by atoms with Gasteiger partial charge >= 0.3 is 5.97 Å². The van der Waals surface area contributed by atoms with E-state index in [2.05, 4.69) is 4.98 Å². The third-order valence-electron chi connectivity index (χ3n) is 2.70. The van der Waals surface area contributed by atoms with Gasteiger partial charge in [0.2, 0.25) is 5.89 Å². The Bertz CT molecular complexity index is 634. The summed E-state index contributed by atoms with van der Waals surface area (Å²) in [6, 6.07) is 9.16. The van der Waals surface area contributed by atoms with Gasteiger partial charge in [-0.25, -0.2) is 9.78 Å². The van der Waals surface area contributed by atoms with Gasteiger partial charge in [-0.1, -0.05) is 18.2 Å². The molecule has 1 aromatic carbocycles. The monoisotopic (exact) mass is 274 g/mol. The standard InChI is InChI=1S/C14H14N2O4/c1-8-11(14(18)20-9(2)12(15)17)16-13(19-8)10-6-4-3-5-7-10/h3-7,9H,1-2H3,(H2,15,17)/t9-/m0/s1. The van der Waals surface area contributed by atoms with E-state index >= 15 is 0 Å². The lowest BCUT2D eigenvalue weighted by Gasteiger charge is -2.07. The zero-order chi connectivity index (χ0) is 14.7. The molecule has 2 N–H and O–H groups in total. The molecule has 0 saturated carbocycles. The highest BCUT2D eigenvalue weighted by Gasteiger charge is 2.23. The van der Waals surface area contributed by atoms with E-state index in [-0.39, 0.29) is 5.69 Å². The van der Waals surface area contributed by atoms with Crippen molar-refractivity contribution in [1.82, 2.24) is 4.98 Å². The lowest BCUT2D eigenvalue weighted by molar-refractivity contribution is -0.125. The average molecular weight is 274 g/mol. The maximum absolute atomic E-state index is 11.9. The summed E-state index contributed by atoms with van der Waals surface area (Å²) >= 11 is 0. The van der Waals surface area contributed by atoms with Crippen molar-refractivity contribution in [2.45, 2.75) is 20.0 Å². The van der Waals surface area contributed by atoms with Crippen LogP contribution in [0, 0.1) is 6.92 Å². The van der Waals surface area contributed by atoms with E-state index in [0.29, 0.717) is 11.7 Å². The van der Waals surface area contributed by atoms with Crippen LogP contribution in [0.3, 0.4) is 0 Å². The van der Waals surface area contributed by atoms with E-state index in [1.54, 1.807) is 6.92 Å². The van der Waals surface area contributed by atoms with Crippen LogP contribution in [0.15, 0.2) is 34.7 Å². The van der Waals surface area contributed by atoms with E-state index in [1.807, 2.05) is 30.3 Å². The van der Waals surface area contributed by atoms with Gasteiger partial charge < -0.3 is 14.9 Å². The van der Waals surface area contributed by atoms with E-state index < -0.39 is 18.0 Å². The van der Waals surface area contributed by atoms with Crippen molar-refractivity contribution in [3.63, 3.8) is 0 Å². The molecular formula is C14H14N2O4. The smallest absolute Gasteiger partial charge is 0.361 e. The number of nitrogens with zero attached hydrogens (tertiary/aromatic N) is 1. The Kier molecular flexibility index (Phi) is 3.84. The second kappa shape index (κ2) is 5.56. The van der Waals surface area contributed by atoms with Crippen LogP contribution in [-0.4, -0.2) is 23.0 Å². The van der Waals surface area contributed by atoms with Crippen molar-refractivity contribution in [3.05, 3.63) is 41.8 Å². The Labute approximate surface area is 115 Å². The number of amides is 1. The SMILES string of the molecule is Cc1oc(-c2ccccc2)nc1C(=O)O[C@@H](C)C(N)=O. The lowest BCUT2D eigenvalue weighted by Crippen LogP contribution is -2.30. The first-order chi connectivity index (χ1) is 9.49. The number of aromatic nitrogens is 1. The van der Waals surface area contributed by atoms with Crippen molar-refractivity contribution in [3.8, 4) is 11.5 Å². The minimum Gasteiger partial charge on any atom is -0.448 e. The van der Waals surface area contributed by atoms with Crippen LogP contribution in [0.25, 0.3) is 11.5 Å². The zero-order valence-electron chi connectivity index (χ0n) is 11.1. The normalized spacial score (nSPS) is 11.9. The molecule has 0 aliphatic carbocycles. The number of ether oxygens (including phenoxy) is 1. The second-order valence-corrected chi connectivity index (χ2v) is 4.24. The van der Waals surface area contributed by atoms with Crippen LogP contribution in [0.5, 0.6) is 0 Å². The Morgan fingerprint density at radius 3 is 2.55 bits per heavy atom. The van der Waals surface area contributed by atoms with Crippen molar-refractivity contribution in [2.75, 3.05) is 0 Å². The fourth-order valence-electron chi connectivity index (χ4n) is 1.56. The predicted molar refractivity (Wildman–Crippen MR) is 70.7 cm³/mol. The fourth-order valence-corrected chi connectivity index (χ4v) is 1.56. The number of aryl methyl sites for hydroxylation is 1. The number of carbonyl (C=O) groups excluding carboxylic acids is 2. The highest BCUT2D eigenvalue weighted by molar-refractivity contribution is 5.91. The third-order valence-corrected chi connectivity index (χ3v) is 2.70. The number of hydrogen-bond acceptors (Lipinski definition) is 5. The molecule has 0 radical (unpaired) electrons. The third kappa shape index (κ3) is 2.85. The number of hydrogen-bond donors (Lipinski definition) is 1. The fraction of sp³-hybridized carbons (Fsp3) is 0.214. The highest BCUT2D eigenvalue weighted by Crippen LogP contribution is 2.22. The topological polar surface area (TPSA) is 95.4 Å².